The Labute approximate surface area is 302 Å². The van der Waals surface area contributed by atoms with E-state index in [0.29, 0.717) is 54.8 Å². The second-order valence-corrected chi connectivity index (χ2v) is 13.6. The van der Waals surface area contributed by atoms with Crippen molar-refractivity contribution in [2.45, 2.75) is 44.7 Å². The van der Waals surface area contributed by atoms with Crippen LogP contribution in [-0.2, 0) is 13.0 Å². The zero-order valence-corrected chi connectivity index (χ0v) is 29.2. The number of nitrogens with two attached hydrogens (primary N) is 1. The molecule has 1 heterocycles. The van der Waals surface area contributed by atoms with Crippen molar-refractivity contribution < 1.29 is 14.6 Å². The number of phenols is 1. The number of nitrogens with zero attached hydrogens (tertiary/aromatic N) is 2. The van der Waals surface area contributed by atoms with E-state index in [1.165, 1.54) is 16.7 Å². The molecule has 11 heteroatoms. The average molecular weight is 704 g/mol. The first-order valence-electron chi connectivity index (χ1n) is 17.3. The van der Waals surface area contributed by atoms with E-state index in [9.17, 15) is 9.90 Å². The van der Waals surface area contributed by atoms with Crippen molar-refractivity contribution in [2.75, 3.05) is 30.9 Å². The zero-order chi connectivity index (χ0) is 35.3. The largest absolute Gasteiger partial charge is 0.508 e. The van der Waals surface area contributed by atoms with E-state index in [1.807, 2.05) is 55.5 Å². The van der Waals surface area contributed by atoms with Crippen LogP contribution in [0, 0.1) is 6.92 Å². The van der Waals surface area contributed by atoms with E-state index in [0.717, 1.165) is 41.0 Å². The Morgan fingerprint density at radius 2 is 1.90 bits per heavy atom. The van der Waals surface area contributed by atoms with Gasteiger partial charge in [-0.25, -0.2) is 10.1 Å². The molecular weight excluding hydrogens is 662 g/mol. The summed E-state index contributed by atoms with van der Waals surface area (Å²) in [7, 11) is 0. The van der Waals surface area contributed by atoms with Crippen molar-refractivity contribution in [3.05, 3.63) is 135 Å². The first kappa shape index (κ1) is 34.2. The number of hydrazine groups is 1. The number of fused-ring (bicyclic) bond motifs is 1. The molecule has 2 aliphatic carbocycles. The quantitative estimate of drug-likeness (QED) is 0.0535. The third kappa shape index (κ3) is 8.20. The number of benzene rings is 4. The van der Waals surface area contributed by atoms with Crippen LogP contribution in [0.25, 0.3) is 11.8 Å². The van der Waals surface area contributed by atoms with E-state index in [2.05, 4.69) is 56.9 Å². The Balaban J connectivity index is 0.934. The van der Waals surface area contributed by atoms with Crippen molar-refractivity contribution >= 4 is 35.1 Å². The second kappa shape index (κ2) is 15.3. The minimum Gasteiger partial charge on any atom is -0.508 e. The lowest BCUT2D eigenvalue weighted by molar-refractivity contribution is 0.0951. The number of phenolic OH excluding ortho intramolecular Hbond substituents is 1. The van der Waals surface area contributed by atoms with E-state index in [4.69, 9.17) is 22.1 Å². The first-order chi connectivity index (χ1) is 24.8. The number of carbonyl (C=O) groups excluding carboxylic acids is 1. The number of amides is 1. The fraction of sp³-hybridized carbons (Fsp3) is 0.250. The predicted octanol–water partition coefficient (Wildman–Crippen LogP) is 6.52. The SMILES string of the molecule is Cc1ccc(C(=O)NC2CC2)cc1-n1ncc(NNCc2cccc(OCC3C(CNCCc4cc(Cl)ccc4O)=Cc4ccccc43)c2)c1N. The summed E-state index contributed by atoms with van der Waals surface area (Å²) in [5, 5.41) is 21.9. The molecule has 10 nitrogen and oxygen atoms in total. The number of ether oxygens (including phenoxy) is 1. The standard InChI is InChI=1S/C40H42ClN7O3/c1-25-9-10-29(40(50)46-32-12-13-32)20-37(25)48-39(42)36(23-45-48)47-44-21-26-5-4-7-33(17-26)51-24-35-30(18-27-6-2-3-8-34(27)35)22-43-16-15-28-19-31(41)11-14-38(28)49/h2-11,14,17-20,23,32,35,43-44,47,49H,12-13,15-16,21-22,24,42H2,1H3,(H,46,50). The molecule has 1 aromatic heterocycles. The van der Waals surface area contributed by atoms with Gasteiger partial charge in [0.15, 0.2) is 5.82 Å². The smallest absolute Gasteiger partial charge is 0.251 e. The van der Waals surface area contributed by atoms with Crippen molar-refractivity contribution in [1.29, 1.82) is 0 Å². The van der Waals surface area contributed by atoms with E-state index in [1.54, 1.807) is 23.0 Å². The van der Waals surface area contributed by atoms with Crippen molar-refractivity contribution in [3.63, 3.8) is 0 Å². The van der Waals surface area contributed by atoms with Crippen molar-refractivity contribution in [2.24, 2.45) is 0 Å². The Hall–Kier alpha value is -5.29. The van der Waals surface area contributed by atoms with Gasteiger partial charge in [-0.2, -0.15) is 5.10 Å². The minimum absolute atomic E-state index is 0.0823. The second-order valence-electron chi connectivity index (χ2n) is 13.1. The van der Waals surface area contributed by atoms with E-state index in [-0.39, 0.29) is 23.6 Å². The summed E-state index contributed by atoms with van der Waals surface area (Å²) in [4.78, 5) is 12.6. The molecule has 7 N–H and O–H groups in total. The molecule has 2 aliphatic rings. The highest BCUT2D eigenvalue weighted by Gasteiger charge is 2.26. The number of halogens is 1. The van der Waals surface area contributed by atoms with Gasteiger partial charge < -0.3 is 31.6 Å². The third-order valence-electron chi connectivity index (χ3n) is 9.35. The maximum atomic E-state index is 12.6. The van der Waals surface area contributed by atoms with Gasteiger partial charge in [-0.3, -0.25) is 4.79 Å². The molecule has 262 valence electrons. The summed E-state index contributed by atoms with van der Waals surface area (Å²) in [6.07, 6.45) is 6.65. The van der Waals surface area contributed by atoms with Crippen molar-refractivity contribution in [3.8, 4) is 17.2 Å². The molecular formula is C40H42ClN7O3. The number of hydrogen-bond acceptors (Lipinski definition) is 8. The third-order valence-corrected chi connectivity index (χ3v) is 9.59. The highest BCUT2D eigenvalue weighted by atomic mass is 35.5. The highest BCUT2D eigenvalue weighted by molar-refractivity contribution is 6.30. The summed E-state index contributed by atoms with van der Waals surface area (Å²) in [6, 6.07) is 27.4. The lowest BCUT2D eigenvalue weighted by Gasteiger charge is -2.19. The normalized spacial score (nSPS) is 14.9. The van der Waals surface area contributed by atoms with Crippen LogP contribution in [-0.4, -0.2) is 46.5 Å². The van der Waals surface area contributed by atoms with Crippen LogP contribution in [0.4, 0.5) is 11.5 Å². The molecule has 1 saturated carbocycles. The number of rotatable bonds is 15. The van der Waals surface area contributed by atoms with Gasteiger partial charge in [0.1, 0.15) is 17.2 Å². The van der Waals surface area contributed by atoms with Crippen LogP contribution in [0.3, 0.4) is 0 Å². The molecule has 1 amide bonds. The summed E-state index contributed by atoms with van der Waals surface area (Å²) >= 11 is 6.12. The Morgan fingerprint density at radius 3 is 2.76 bits per heavy atom. The van der Waals surface area contributed by atoms with E-state index >= 15 is 0 Å². The Kier molecular flexibility index (Phi) is 10.3. The maximum Gasteiger partial charge on any atom is 0.251 e. The monoisotopic (exact) mass is 703 g/mol. The first-order valence-corrected chi connectivity index (χ1v) is 17.6. The molecule has 51 heavy (non-hydrogen) atoms. The van der Waals surface area contributed by atoms with Crippen LogP contribution in [0.1, 0.15) is 56.9 Å². The van der Waals surface area contributed by atoms with Gasteiger partial charge in [0.2, 0.25) is 0 Å². The van der Waals surface area contributed by atoms with Gasteiger partial charge >= 0.3 is 0 Å². The highest BCUT2D eigenvalue weighted by Crippen LogP contribution is 2.36. The molecule has 1 unspecified atom stereocenters. The number of nitrogens with one attached hydrogen (secondary N) is 4. The van der Waals surface area contributed by atoms with Crippen LogP contribution in [0.5, 0.6) is 11.5 Å². The van der Waals surface area contributed by atoms with Gasteiger partial charge in [0.05, 0.1) is 18.5 Å². The van der Waals surface area contributed by atoms with Crippen LogP contribution < -0.4 is 32.0 Å². The van der Waals surface area contributed by atoms with E-state index < -0.39 is 0 Å². The number of aryl methyl sites for hydroxylation is 1. The van der Waals surface area contributed by atoms with Gasteiger partial charge in [-0.1, -0.05) is 60.1 Å². The fourth-order valence-corrected chi connectivity index (χ4v) is 6.52. The number of aromatic nitrogens is 2. The summed E-state index contributed by atoms with van der Waals surface area (Å²) in [5.41, 5.74) is 21.4. The van der Waals surface area contributed by atoms with Crippen LogP contribution in [0.15, 0.2) is 96.7 Å². The van der Waals surface area contributed by atoms with Crippen molar-refractivity contribution in [1.82, 2.24) is 25.8 Å². The molecule has 5 aromatic rings. The number of anilines is 2. The summed E-state index contributed by atoms with van der Waals surface area (Å²) in [6.45, 7) is 4.40. The average Bonchev–Trinajstić information content (AvgIpc) is 3.78. The van der Waals surface area contributed by atoms with Crippen LogP contribution >= 0.6 is 11.6 Å². The minimum atomic E-state index is -0.0823. The summed E-state index contributed by atoms with van der Waals surface area (Å²) in [5.74, 6) is 1.52. The molecule has 0 spiro atoms. The molecule has 0 radical (unpaired) electrons. The molecule has 0 aliphatic heterocycles. The number of carbonyl (C=O) groups is 1. The Morgan fingerprint density at radius 1 is 1.04 bits per heavy atom. The fourth-order valence-electron chi connectivity index (χ4n) is 6.33. The lowest BCUT2D eigenvalue weighted by Crippen LogP contribution is -2.25. The lowest BCUT2D eigenvalue weighted by atomic mass is 9.96. The Bertz CT molecular complexity index is 2070. The topological polar surface area (TPSA) is 138 Å². The maximum absolute atomic E-state index is 12.6. The zero-order valence-electron chi connectivity index (χ0n) is 28.5. The molecule has 0 saturated heterocycles. The summed E-state index contributed by atoms with van der Waals surface area (Å²) < 4.78 is 8.04. The van der Waals surface area contributed by atoms with Crippen LogP contribution in [0.2, 0.25) is 5.02 Å². The number of nitrogen functional groups attached to an aromatic ring is 1. The van der Waals surface area contributed by atoms with Gasteiger partial charge in [0.25, 0.3) is 5.91 Å². The molecule has 4 aromatic carbocycles. The predicted molar refractivity (Wildman–Crippen MR) is 202 cm³/mol. The number of hydrogen-bond donors (Lipinski definition) is 6. The van der Waals surface area contributed by atoms with Gasteiger partial charge in [-0.05, 0) is 109 Å². The van der Waals surface area contributed by atoms with Gasteiger partial charge in [0, 0.05) is 35.6 Å². The molecule has 7 rings (SSSR count). The molecule has 1 atom stereocenters. The molecule has 0 bridgehead atoms. The number of aromatic hydroxyl groups is 1. The molecule has 1 fully saturated rings. The van der Waals surface area contributed by atoms with Gasteiger partial charge in [-0.15, -0.1) is 0 Å².